The van der Waals surface area contributed by atoms with Gasteiger partial charge in [-0.1, -0.05) is 29.8 Å². The molecule has 8 nitrogen and oxygen atoms in total. The maximum Gasteiger partial charge on any atom is 0.258 e. The molecule has 0 aromatic heterocycles. The summed E-state index contributed by atoms with van der Waals surface area (Å²) in [6.45, 7) is 1.02. The van der Waals surface area contributed by atoms with Gasteiger partial charge in [-0.2, -0.15) is 0 Å². The van der Waals surface area contributed by atoms with Crippen LogP contribution in [0.25, 0.3) is 11.3 Å². The van der Waals surface area contributed by atoms with E-state index in [0.717, 1.165) is 34.6 Å². The molecule has 1 fully saturated rings. The largest absolute Gasteiger partial charge is 0.354 e. The second-order valence-corrected chi connectivity index (χ2v) is 10.4. The van der Waals surface area contributed by atoms with Crippen LogP contribution in [-0.2, 0) is 14.4 Å². The Bertz CT molecular complexity index is 1460. The Balaban J connectivity index is 1.51. The van der Waals surface area contributed by atoms with Crippen LogP contribution in [0.3, 0.4) is 0 Å². The molecule has 3 aromatic carbocycles. The predicted molar refractivity (Wildman–Crippen MR) is 157 cm³/mol. The Morgan fingerprint density at radius 2 is 1.72 bits per heavy atom. The molecule has 3 amide bonds. The first-order valence-electron chi connectivity index (χ1n) is 12.8. The summed E-state index contributed by atoms with van der Waals surface area (Å²) in [5, 5.41) is 6.89. The third-order valence-corrected chi connectivity index (χ3v) is 7.10. The van der Waals surface area contributed by atoms with Crippen molar-refractivity contribution in [3.05, 3.63) is 82.9 Å². The monoisotopic (exact) mass is 543 g/mol. The number of amides is 3. The van der Waals surface area contributed by atoms with Gasteiger partial charge in [0.1, 0.15) is 0 Å². The number of hydrogen-bond acceptors (Lipinski definition) is 5. The molecule has 0 atom stereocenters. The fourth-order valence-electron chi connectivity index (χ4n) is 4.83. The number of halogens is 1. The minimum Gasteiger partial charge on any atom is -0.354 e. The highest BCUT2D eigenvalue weighted by molar-refractivity contribution is 6.38. The Labute approximate surface area is 232 Å². The van der Waals surface area contributed by atoms with Gasteiger partial charge in [0.15, 0.2) is 0 Å². The van der Waals surface area contributed by atoms with Gasteiger partial charge in [0.2, 0.25) is 11.8 Å². The Hall–Kier alpha value is -4.14. The first-order valence-corrected chi connectivity index (χ1v) is 13.1. The first kappa shape index (κ1) is 26.5. The molecule has 0 bridgehead atoms. The lowest BCUT2D eigenvalue weighted by atomic mass is 9.99. The normalized spacial score (nSPS) is 15.9. The number of benzene rings is 3. The van der Waals surface area contributed by atoms with E-state index in [1.807, 2.05) is 73.6 Å². The zero-order chi connectivity index (χ0) is 27.7. The molecule has 2 heterocycles. The average molecular weight is 544 g/mol. The first-order chi connectivity index (χ1) is 18.7. The number of nitrogens with zero attached hydrogens (tertiary/aromatic N) is 3. The minimum atomic E-state index is -0.237. The number of rotatable bonds is 7. The van der Waals surface area contributed by atoms with Crippen molar-refractivity contribution in [3.8, 4) is 0 Å². The number of likely N-dealkylation sites (N-methyl/N-ethyl adjacent to an activating group) is 2. The summed E-state index contributed by atoms with van der Waals surface area (Å²) in [5.74, 6) is -0.133. The standard InChI is InChI=1S/C30H30ClN5O3/c1-34(2)18-27(38)35(3)22-13-9-21(10-14-22)32-29(28-24-15-8-20(31)17-25(24)33-30(28)39)19-6-11-23(12-7-19)36-16-4-5-26(36)37/h6-15,17,32H,4-5,16,18H2,1-3H3,(H,33,39)/b29-28-. The van der Waals surface area contributed by atoms with Crippen LogP contribution in [0.2, 0.25) is 5.02 Å². The summed E-state index contributed by atoms with van der Waals surface area (Å²) in [4.78, 5) is 43.2. The second kappa shape index (κ2) is 10.9. The molecule has 0 unspecified atom stereocenters. The van der Waals surface area contributed by atoms with Crippen LogP contribution in [0.5, 0.6) is 0 Å². The molecule has 0 spiro atoms. The van der Waals surface area contributed by atoms with E-state index in [2.05, 4.69) is 10.6 Å². The fraction of sp³-hybridized carbons (Fsp3) is 0.233. The van der Waals surface area contributed by atoms with Crippen LogP contribution in [0, 0.1) is 0 Å². The summed E-state index contributed by atoms with van der Waals surface area (Å²) in [7, 11) is 5.46. The van der Waals surface area contributed by atoms with Gasteiger partial charge >= 0.3 is 0 Å². The zero-order valence-electron chi connectivity index (χ0n) is 22.1. The van der Waals surface area contributed by atoms with E-state index in [9.17, 15) is 14.4 Å². The van der Waals surface area contributed by atoms with Crippen molar-refractivity contribution in [2.24, 2.45) is 0 Å². The molecule has 39 heavy (non-hydrogen) atoms. The number of carbonyl (C=O) groups is 3. The van der Waals surface area contributed by atoms with Gasteiger partial charge in [-0.3, -0.25) is 14.4 Å². The highest BCUT2D eigenvalue weighted by Crippen LogP contribution is 2.39. The van der Waals surface area contributed by atoms with E-state index in [4.69, 9.17) is 11.6 Å². The number of fused-ring (bicyclic) bond motifs is 1. The molecule has 2 aliphatic rings. The summed E-state index contributed by atoms with van der Waals surface area (Å²) < 4.78 is 0. The van der Waals surface area contributed by atoms with Gasteiger partial charge in [0, 0.05) is 47.7 Å². The Morgan fingerprint density at radius 3 is 2.36 bits per heavy atom. The van der Waals surface area contributed by atoms with Gasteiger partial charge in [-0.15, -0.1) is 0 Å². The number of carbonyl (C=O) groups excluding carboxylic acids is 3. The van der Waals surface area contributed by atoms with Crippen LogP contribution in [0.15, 0.2) is 66.7 Å². The maximum absolute atomic E-state index is 13.2. The van der Waals surface area contributed by atoms with Crippen molar-refractivity contribution in [1.82, 2.24) is 4.90 Å². The molecule has 0 saturated carbocycles. The molecule has 2 aliphatic heterocycles. The third-order valence-electron chi connectivity index (χ3n) is 6.87. The SMILES string of the molecule is CN(C)CC(=O)N(C)c1ccc(N/C(=C2\C(=O)Nc3cc(Cl)ccc32)c2ccc(N3CCCC3=O)cc2)cc1. The lowest BCUT2D eigenvalue weighted by molar-refractivity contribution is -0.119. The minimum absolute atomic E-state index is 0.0158. The van der Waals surface area contributed by atoms with Crippen molar-refractivity contribution in [1.29, 1.82) is 0 Å². The molecule has 2 N–H and O–H groups in total. The summed E-state index contributed by atoms with van der Waals surface area (Å²) >= 11 is 6.18. The van der Waals surface area contributed by atoms with Crippen LogP contribution in [0.1, 0.15) is 24.0 Å². The lowest BCUT2D eigenvalue weighted by Gasteiger charge is -2.21. The van der Waals surface area contributed by atoms with E-state index >= 15 is 0 Å². The van der Waals surface area contributed by atoms with Crippen molar-refractivity contribution >= 4 is 63.3 Å². The number of anilines is 4. The highest BCUT2D eigenvalue weighted by atomic mass is 35.5. The van der Waals surface area contributed by atoms with Crippen LogP contribution in [-0.4, -0.2) is 56.9 Å². The summed E-state index contributed by atoms with van der Waals surface area (Å²) in [6, 6.07) is 20.5. The van der Waals surface area contributed by atoms with Gasteiger partial charge in [-0.05, 0) is 74.6 Å². The number of nitrogens with one attached hydrogen (secondary N) is 2. The number of hydrogen-bond donors (Lipinski definition) is 2. The van der Waals surface area contributed by atoms with Gasteiger partial charge in [0.25, 0.3) is 5.91 Å². The molecular formula is C30H30ClN5O3. The predicted octanol–water partition coefficient (Wildman–Crippen LogP) is 4.92. The molecule has 3 aromatic rings. The molecular weight excluding hydrogens is 514 g/mol. The van der Waals surface area contributed by atoms with Gasteiger partial charge in [0.05, 0.1) is 23.5 Å². The Kier molecular flexibility index (Phi) is 7.41. The summed E-state index contributed by atoms with van der Waals surface area (Å²) in [5.41, 5.74) is 5.66. The quantitative estimate of drug-likeness (QED) is 0.413. The summed E-state index contributed by atoms with van der Waals surface area (Å²) in [6.07, 6.45) is 1.41. The van der Waals surface area contributed by atoms with Crippen molar-refractivity contribution in [3.63, 3.8) is 0 Å². The third kappa shape index (κ3) is 5.53. The van der Waals surface area contributed by atoms with E-state index in [-0.39, 0.29) is 17.7 Å². The van der Waals surface area contributed by atoms with E-state index in [0.29, 0.717) is 41.5 Å². The molecule has 9 heteroatoms. The highest BCUT2D eigenvalue weighted by Gasteiger charge is 2.29. The molecule has 200 valence electrons. The van der Waals surface area contributed by atoms with Crippen molar-refractivity contribution in [2.75, 3.05) is 54.7 Å². The molecule has 0 radical (unpaired) electrons. The zero-order valence-corrected chi connectivity index (χ0v) is 22.9. The lowest BCUT2D eigenvalue weighted by Crippen LogP contribution is -2.34. The van der Waals surface area contributed by atoms with E-state index in [1.165, 1.54) is 0 Å². The maximum atomic E-state index is 13.2. The Morgan fingerprint density at radius 1 is 1.00 bits per heavy atom. The average Bonchev–Trinajstić information content (AvgIpc) is 3.48. The van der Waals surface area contributed by atoms with E-state index in [1.54, 1.807) is 29.0 Å². The smallest absolute Gasteiger partial charge is 0.258 e. The topological polar surface area (TPSA) is 85.0 Å². The fourth-order valence-corrected chi connectivity index (χ4v) is 5.01. The van der Waals surface area contributed by atoms with Gasteiger partial charge in [-0.25, -0.2) is 0 Å². The van der Waals surface area contributed by atoms with Crippen LogP contribution < -0.4 is 20.4 Å². The molecule has 1 saturated heterocycles. The van der Waals surface area contributed by atoms with Crippen LogP contribution in [0.4, 0.5) is 22.7 Å². The second-order valence-electron chi connectivity index (χ2n) is 9.95. The van der Waals surface area contributed by atoms with E-state index < -0.39 is 0 Å². The van der Waals surface area contributed by atoms with Gasteiger partial charge < -0.3 is 25.3 Å². The molecule has 0 aliphatic carbocycles. The van der Waals surface area contributed by atoms with Crippen molar-refractivity contribution < 1.29 is 14.4 Å². The van der Waals surface area contributed by atoms with Crippen molar-refractivity contribution in [2.45, 2.75) is 12.8 Å². The van der Waals surface area contributed by atoms with Crippen LogP contribution >= 0.6 is 11.6 Å². The molecule has 5 rings (SSSR count).